The molecule has 0 saturated heterocycles. The highest BCUT2D eigenvalue weighted by Crippen LogP contribution is 2.37. The zero-order valence-electron chi connectivity index (χ0n) is 14.7. The van der Waals surface area contributed by atoms with Gasteiger partial charge in [0.15, 0.2) is 11.5 Å². The lowest BCUT2D eigenvalue weighted by Crippen LogP contribution is -2.23. The molecule has 4 nitrogen and oxygen atoms in total. The summed E-state index contributed by atoms with van der Waals surface area (Å²) in [7, 11) is 0. The first-order chi connectivity index (χ1) is 12.4. The van der Waals surface area contributed by atoms with Crippen molar-refractivity contribution >= 4 is 23.2 Å². The summed E-state index contributed by atoms with van der Waals surface area (Å²) in [6, 6.07) is 7.75. The van der Waals surface area contributed by atoms with Crippen molar-refractivity contribution in [1.82, 2.24) is 5.32 Å². The average molecular weight is 402 g/mol. The summed E-state index contributed by atoms with van der Waals surface area (Å²) in [6.07, 6.45) is -0.431. The van der Waals surface area contributed by atoms with E-state index in [1.54, 1.807) is 19.1 Å². The molecule has 0 aliphatic carbocycles. The third-order valence-corrected chi connectivity index (χ3v) is 4.16. The molecule has 26 heavy (non-hydrogen) atoms. The summed E-state index contributed by atoms with van der Waals surface area (Å²) in [5.74, 6) is 0.529. The number of hydrogen-bond donors (Lipinski definition) is 2. The maximum atomic E-state index is 13.1. The lowest BCUT2D eigenvalue weighted by atomic mass is 10.2. The van der Waals surface area contributed by atoms with Crippen LogP contribution < -0.4 is 14.8 Å². The fourth-order valence-corrected chi connectivity index (χ4v) is 2.85. The number of aliphatic hydroxyl groups is 1. The first-order valence-electron chi connectivity index (χ1n) is 8.31. The molecule has 2 rings (SSSR count). The predicted octanol–water partition coefficient (Wildman–Crippen LogP) is 4.58. The van der Waals surface area contributed by atoms with Crippen LogP contribution in [0.4, 0.5) is 4.39 Å². The molecule has 1 atom stereocenters. The molecule has 0 amide bonds. The molecule has 0 spiro atoms. The van der Waals surface area contributed by atoms with Gasteiger partial charge in [-0.05, 0) is 43.7 Å². The van der Waals surface area contributed by atoms with Crippen molar-refractivity contribution in [3.05, 3.63) is 57.3 Å². The number of hydrogen-bond acceptors (Lipinski definition) is 4. The average Bonchev–Trinajstić information content (AvgIpc) is 2.55. The third-order valence-electron chi connectivity index (χ3n) is 3.53. The largest absolute Gasteiger partial charge is 0.490 e. The van der Waals surface area contributed by atoms with Crippen LogP contribution in [0.15, 0.2) is 30.3 Å². The van der Waals surface area contributed by atoms with E-state index in [4.69, 9.17) is 32.7 Å². The number of aliphatic hydroxyl groups excluding tert-OH is 1. The normalized spacial score (nSPS) is 12.1. The molecule has 0 aliphatic heterocycles. The van der Waals surface area contributed by atoms with E-state index in [0.29, 0.717) is 41.8 Å². The highest BCUT2D eigenvalue weighted by atomic mass is 35.5. The highest BCUT2D eigenvalue weighted by Gasteiger charge is 2.14. The second-order valence-corrected chi connectivity index (χ2v) is 6.66. The van der Waals surface area contributed by atoms with Gasteiger partial charge in [-0.1, -0.05) is 29.3 Å². The Morgan fingerprint density at radius 3 is 2.58 bits per heavy atom. The summed E-state index contributed by atoms with van der Waals surface area (Å²) >= 11 is 12.4. The molecule has 2 aromatic carbocycles. The molecule has 0 unspecified atom stereocenters. The van der Waals surface area contributed by atoms with Crippen LogP contribution in [0.5, 0.6) is 11.5 Å². The van der Waals surface area contributed by atoms with Gasteiger partial charge < -0.3 is 19.9 Å². The highest BCUT2D eigenvalue weighted by molar-refractivity contribution is 6.32. The first-order valence-corrected chi connectivity index (χ1v) is 9.07. The van der Waals surface area contributed by atoms with E-state index < -0.39 is 11.9 Å². The van der Waals surface area contributed by atoms with Crippen LogP contribution in [-0.2, 0) is 13.2 Å². The van der Waals surface area contributed by atoms with Crippen LogP contribution in [0.2, 0.25) is 10.0 Å². The number of ether oxygens (including phenoxy) is 2. The molecular weight excluding hydrogens is 380 g/mol. The molecule has 0 radical (unpaired) electrons. The van der Waals surface area contributed by atoms with Crippen LogP contribution in [0.25, 0.3) is 0 Å². The Morgan fingerprint density at radius 1 is 1.15 bits per heavy atom. The summed E-state index contributed by atoms with van der Waals surface area (Å²) in [4.78, 5) is 0. The van der Waals surface area contributed by atoms with Gasteiger partial charge in [0, 0.05) is 18.7 Å². The summed E-state index contributed by atoms with van der Waals surface area (Å²) in [6.45, 7) is 5.18. The van der Waals surface area contributed by atoms with Gasteiger partial charge in [0.1, 0.15) is 12.4 Å². The Hall–Kier alpha value is -1.53. The molecule has 2 aromatic rings. The minimum absolute atomic E-state index is 0.137. The molecular formula is C19H22Cl2FNO3. The Balaban J connectivity index is 2.15. The molecule has 0 saturated carbocycles. The SMILES string of the molecule is CCOc1cc(CNC[C@@H](C)O)cc(Cl)c1OCc1ccc(F)cc1Cl. The van der Waals surface area contributed by atoms with Crippen molar-refractivity contribution in [2.75, 3.05) is 13.2 Å². The van der Waals surface area contributed by atoms with Gasteiger partial charge in [-0.2, -0.15) is 0 Å². The molecule has 7 heteroatoms. The summed E-state index contributed by atoms with van der Waals surface area (Å²) in [5.41, 5.74) is 1.56. The van der Waals surface area contributed by atoms with Gasteiger partial charge in [0.05, 0.1) is 22.8 Å². The Bertz CT molecular complexity index is 741. The minimum Gasteiger partial charge on any atom is -0.490 e. The second kappa shape index (κ2) is 9.97. The van der Waals surface area contributed by atoms with E-state index in [2.05, 4.69) is 5.32 Å². The van der Waals surface area contributed by atoms with Crippen LogP contribution in [0, 0.1) is 5.82 Å². The fourth-order valence-electron chi connectivity index (χ4n) is 2.34. The minimum atomic E-state index is -0.431. The summed E-state index contributed by atoms with van der Waals surface area (Å²) in [5, 5.41) is 13.1. The van der Waals surface area contributed by atoms with Gasteiger partial charge in [-0.3, -0.25) is 0 Å². The van der Waals surface area contributed by atoms with Crippen molar-refractivity contribution in [2.24, 2.45) is 0 Å². The van der Waals surface area contributed by atoms with Gasteiger partial charge in [-0.25, -0.2) is 4.39 Å². The van der Waals surface area contributed by atoms with E-state index in [-0.39, 0.29) is 11.6 Å². The van der Waals surface area contributed by atoms with Crippen molar-refractivity contribution in [3.8, 4) is 11.5 Å². The number of halogens is 3. The maximum absolute atomic E-state index is 13.1. The molecule has 0 aromatic heterocycles. The Labute approximate surface area is 162 Å². The van der Waals surface area contributed by atoms with E-state index in [9.17, 15) is 9.50 Å². The smallest absolute Gasteiger partial charge is 0.180 e. The zero-order valence-corrected chi connectivity index (χ0v) is 16.2. The van der Waals surface area contributed by atoms with Gasteiger partial charge in [0.25, 0.3) is 0 Å². The Kier molecular flexibility index (Phi) is 7.97. The van der Waals surface area contributed by atoms with Crippen LogP contribution in [0.3, 0.4) is 0 Å². The van der Waals surface area contributed by atoms with Gasteiger partial charge in [-0.15, -0.1) is 0 Å². The summed E-state index contributed by atoms with van der Waals surface area (Å²) < 4.78 is 24.6. The fraction of sp³-hybridized carbons (Fsp3) is 0.368. The molecule has 0 bridgehead atoms. The molecule has 0 heterocycles. The van der Waals surface area contributed by atoms with Crippen molar-refractivity contribution in [3.63, 3.8) is 0 Å². The van der Waals surface area contributed by atoms with Crippen LogP contribution >= 0.6 is 23.2 Å². The molecule has 142 valence electrons. The van der Waals surface area contributed by atoms with Crippen molar-refractivity contribution < 1.29 is 19.0 Å². The topological polar surface area (TPSA) is 50.7 Å². The predicted molar refractivity (Wildman–Crippen MR) is 102 cm³/mol. The van der Waals surface area contributed by atoms with Crippen molar-refractivity contribution in [2.45, 2.75) is 33.1 Å². The zero-order chi connectivity index (χ0) is 19.1. The van der Waals surface area contributed by atoms with E-state index in [1.165, 1.54) is 12.1 Å². The Morgan fingerprint density at radius 2 is 1.92 bits per heavy atom. The van der Waals surface area contributed by atoms with E-state index in [1.807, 2.05) is 13.0 Å². The van der Waals surface area contributed by atoms with Gasteiger partial charge >= 0.3 is 0 Å². The van der Waals surface area contributed by atoms with Crippen LogP contribution in [0.1, 0.15) is 25.0 Å². The van der Waals surface area contributed by atoms with Gasteiger partial charge in [0.2, 0.25) is 0 Å². The van der Waals surface area contributed by atoms with Crippen molar-refractivity contribution in [1.29, 1.82) is 0 Å². The standard InChI is InChI=1S/C19H22Cl2FNO3/c1-3-25-18-7-13(10-23-9-12(2)24)6-17(21)19(18)26-11-14-4-5-15(22)8-16(14)20/h4-8,12,23-24H,3,9-11H2,1-2H3/t12-/m1/s1. The monoisotopic (exact) mass is 401 g/mol. The molecule has 0 fully saturated rings. The number of benzene rings is 2. The first kappa shape index (κ1) is 20.8. The lowest BCUT2D eigenvalue weighted by molar-refractivity contribution is 0.191. The molecule has 2 N–H and O–H groups in total. The number of rotatable bonds is 9. The number of nitrogens with one attached hydrogen (secondary N) is 1. The molecule has 0 aliphatic rings. The van der Waals surface area contributed by atoms with Crippen LogP contribution in [-0.4, -0.2) is 24.4 Å². The maximum Gasteiger partial charge on any atom is 0.180 e. The van der Waals surface area contributed by atoms with E-state index in [0.717, 1.165) is 5.56 Å². The lowest BCUT2D eigenvalue weighted by Gasteiger charge is -2.16. The quantitative estimate of drug-likeness (QED) is 0.645. The van der Waals surface area contributed by atoms with E-state index >= 15 is 0 Å². The third kappa shape index (κ3) is 6.02. The second-order valence-electron chi connectivity index (χ2n) is 5.84.